The fraction of sp³-hybridized carbons (Fsp3) is 0.750. The average molecular weight is 520 g/mol. The van der Waals surface area contributed by atoms with Crippen molar-refractivity contribution < 1.29 is 38.4 Å². The Bertz CT molecular complexity index is 998. The van der Waals surface area contributed by atoms with Crippen LogP contribution in [0.1, 0.15) is 77.8 Å². The van der Waals surface area contributed by atoms with Gasteiger partial charge < -0.3 is 28.8 Å². The fourth-order valence-corrected chi connectivity index (χ4v) is 5.35. The quantitative estimate of drug-likeness (QED) is 0.453. The zero-order valence-electron chi connectivity index (χ0n) is 22.5. The molecule has 4 rings (SSSR count). The SMILES string of the molecule is Cc1nc(C=C[C@@H]2C[C@H]3O[C@@]3(C)CCC[C@H](C)[C@@H](O)[C@@H](CC3CO3)C(=O)C(C)(C)[C@@H](O)CC(=O)O2)co1. The lowest BCUT2D eigenvalue weighted by atomic mass is 9.71. The highest BCUT2D eigenvalue weighted by Gasteiger charge is 2.53. The number of epoxide rings is 2. The molecule has 0 aliphatic carbocycles. The van der Waals surface area contributed by atoms with Crippen LogP contribution in [0.4, 0.5) is 0 Å². The normalized spacial score (nSPS) is 39.3. The summed E-state index contributed by atoms with van der Waals surface area (Å²) >= 11 is 0. The number of hydrogen-bond acceptors (Lipinski definition) is 9. The van der Waals surface area contributed by atoms with Gasteiger partial charge in [0.2, 0.25) is 0 Å². The Hall–Kier alpha value is -2.07. The predicted molar refractivity (Wildman–Crippen MR) is 134 cm³/mol. The number of carbonyl (C=O) groups is 2. The van der Waals surface area contributed by atoms with E-state index in [0.29, 0.717) is 31.0 Å². The number of carbonyl (C=O) groups excluding carboxylic acids is 2. The standard InChI is InChI=1S/C28H41NO8/c1-16-7-6-10-28(5)23(37-28)12-19(9-8-18-14-34-17(2)29-18)36-24(31)13-22(30)27(3,4)26(33)21(25(16)32)11-20-15-35-20/h8-9,14,16,19-23,25,30,32H,6-7,10-13,15H2,1-5H3/t16-,19+,20?,21+,22-,23+,25+,28-/m0/s1. The number of Topliss-reactive ketones (excluding diaryl/α,β-unsaturated/α-hetero) is 1. The first kappa shape index (κ1) is 28.0. The van der Waals surface area contributed by atoms with Crippen molar-refractivity contribution in [1.82, 2.24) is 4.98 Å². The van der Waals surface area contributed by atoms with Gasteiger partial charge in [0, 0.05) is 19.3 Å². The van der Waals surface area contributed by atoms with E-state index in [9.17, 15) is 19.8 Å². The van der Waals surface area contributed by atoms with E-state index >= 15 is 0 Å². The largest absolute Gasteiger partial charge is 0.458 e. The lowest BCUT2D eigenvalue weighted by Crippen LogP contribution is -2.47. The summed E-state index contributed by atoms with van der Waals surface area (Å²) < 4.78 is 22.4. The summed E-state index contributed by atoms with van der Waals surface area (Å²) in [4.78, 5) is 30.8. The molecule has 3 aliphatic heterocycles. The van der Waals surface area contributed by atoms with Crippen molar-refractivity contribution in [3.8, 4) is 0 Å². The number of aliphatic hydroxyl groups is 2. The first-order valence-corrected chi connectivity index (χ1v) is 13.4. The van der Waals surface area contributed by atoms with Crippen LogP contribution in [-0.2, 0) is 23.8 Å². The third kappa shape index (κ3) is 6.88. The molecule has 1 aromatic rings. The maximum absolute atomic E-state index is 13.7. The molecule has 0 aromatic carbocycles. The molecule has 8 atom stereocenters. The zero-order chi connectivity index (χ0) is 27.0. The molecule has 1 unspecified atom stereocenters. The number of nitrogens with zero attached hydrogens (tertiary/aromatic N) is 1. The van der Waals surface area contributed by atoms with Gasteiger partial charge in [-0.15, -0.1) is 0 Å². The molecule has 206 valence electrons. The van der Waals surface area contributed by atoms with Crippen LogP contribution >= 0.6 is 0 Å². The molecule has 0 radical (unpaired) electrons. The molecule has 1 aromatic heterocycles. The van der Waals surface area contributed by atoms with Crippen molar-refractivity contribution in [2.45, 2.75) is 109 Å². The molecular weight excluding hydrogens is 478 g/mol. The Morgan fingerprint density at radius 2 is 1.95 bits per heavy atom. The number of ketones is 1. The molecule has 3 aliphatic rings. The maximum atomic E-state index is 13.7. The van der Waals surface area contributed by atoms with Crippen LogP contribution in [-0.4, -0.2) is 69.7 Å². The number of cyclic esters (lactones) is 1. The van der Waals surface area contributed by atoms with E-state index in [4.69, 9.17) is 18.6 Å². The monoisotopic (exact) mass is 519 g/mol. The van der Waals surface area contributed by atoms with Gasteiger partial charge in [-0.3, -0.25) is 9.59 Å². The van der Waals surface area contributed by atoms with Crippen LogP contribution in [0, 0.1) is 24.2 Å². The molecule has 3 saturated heterocycles. The highest BCUT2D eigenvalue weighted by Crippen LogP contribution is 2.44. The van der Waals surface area contributed by atoms with E-state index in [1.165, 1.54) is 6.26 Å². The van der Waals surface area contributed by atoms with Gasteiger partial charge in [-0.1, -0.05) is 27.2 Å². The Labute approximate surface area is 218 Å². The summed E-state index contributed by atoms with van der Waals surface area (Å²) in [5.74, 6) is -1.12. The molecule has 0 saturated carbocycles. The summed E-state index contributed by atoms with van der Waals surface area (Å²) in [7, 11) is 0. The molecule has 0 bridgehead atoms. The molecule has 4 heterocycles. The van der Waals surface area contributed by atoms with E-state index in [1.807, 2.05) is 6.92 Å². The number of rotatable bonds is 4. The minimum Gasteiger partial charge on any atom is -0.458 e. The van der Waals surface area contributed by atoms with Gasteiger partial charge in [0.1, 0.15) is 23.8 Å². The van der Waals surface area contributed by atoms with E-state index in [2.05, 4.69) is 11.9 Å². The van der Waals surface area contributed by atoms with Crippen molar-refractivity contribution in [3.63, 3.8) is 0 Å². The number of hydrogen-bond donors (Lipinski definition) is 2. The second-order valence-corrected chi connectivity index (χ2v) is 11.8. The van der Waals surface area contributed by atoms with Gasteiger partial charge in [0.05, 0.1) is 48.5 Å². The molecule has 9 heteroatoms. The van der Waals surface area contributed by atoms with Crippen molar-refractivity contribution in [3.05, 3.63) is 23.9 Å². The average Bonchev–Trinajstić information content (AvgIpc) is 3.72. The van der Waals surface area contributed by atoms with Crippen LogP contribution in [0.5, 0.6) is 0 Å². The minimum atomic E-state index is -1.27. The second kappa shape index (κ2) is 11.0. The molecule has 3 fully saturated rings. The summed E-state index contributed by atoms with van der Waals surface area (Å²) in [6.07, 6.45) is 5.08. The van der Waals surface area contributed by atoms with Crippen LogP contribution in [0.2, 0.25) is 0 Å². The Kier molecular flexibility index (Phi) is 8.28. The summed E-state index contributed by atoms with van der Waals surface area (Å²) in [5, 5.41) is 22.2. The van der Waals surface area contributed by atoms with Crippen LogP contribution in [0.15, 0.2) is 16.8 Å². The first-order chi connectivity index (χ1) is 17.4. The molecule has 0 amide bonds. The van der Waals surface area contributed by atoms with Gasteiger partial charge in [-0.05, 0) is 44.3 Å². The number of oxazole rings is 1. The topological polar surface area (TPSA) is 135 Å². The predicted octanol–water partition coefficient (Wildman–Crippen LogP) is 3.39. The van der Waals surface area contributed by atoms with Gasteiger partial charge in [0.25, 0.3) is 0 Å². The van der Waals surface area contributed by atoms with Crippen molar-refractivity contribution in [2.75, 3.05) is 6.61 Å². The van der Waals surface area contributed by atoms with Gasteiger partial charge in [-0.2, -0.15) is 0 Å². The Morgan fingerprint density at radius 1 is 1.22 bits per heavy atom. The number of fused-ring (bicyclic) bond motifs is 1. The highest BCUT2D eigenvalue weighted by atomic mass is 16.6. The second-order valence-electron chi connectivity index (χ2n) is 11.8. The van der Waals surface area contributed by atoms with Crippen LogP contribution in [0.25, 0.3) is 6.08 Å². The van der Waals surface area contributed by atoms with E-state index in [-0.39, 0.29) is 35.9 Å². The maximum Gasteiger partial charge on any atom is 0.309 e. The molecule has 2 N–H and O–H groups in total. The summed E-state index contributed by atoms with van der Waals surface area (Å²) in [5.41, 5.74) is -0.966. The lowest BCUT2D eigenvalue weighted by Gasteiger charge is -2.36. The minimum absolute atomic E-state index is 0.0557. The van der Waals surface area contributed by atoms with E-state index < -0.39 is 35.6 Å². The van der Waals surface area contributed by atoms with Crippen LogP contribution in [0.3, 0.4) is 0 Å². The van der Waals surface area contributed by atoms with Gasteiger partial charge in [0.15, 0.2) is 5.89 Å². The number of ether oxygens (including phenoxy) is 3. The summed E-state index contributed by atoms with van der Waals surface area (Å²) in [6, 6.07) is 0. The smallest absolute Gasteiger partial charge is 0.309 e. The van der Waals surface area contributed by atoms with Gasteiger partial charge >= 0.3 is 5.97 Å². The lowest BCUT2D eigenvalue weighted by molar-refractivity contribution is -0.154. The molecule has 0 spiro atoms. The van der Waals surface area contributed by atoms with Crippen molar-refractivity contribution in [1.29, 1.82) is 0 Å². The van der Waals surface area contributed by atoms with Gasteiger partial charge in [-0.25, -0.2) is 4.98 Å². The number of aliphatic hydroxyl groups excluding tert-OH is 2. The fourth-order valence-electron chi connectivity index (χ4n) is 5.35. The van der Waals surface area contributed by atoms with Crippen molar-refractivity contribution in [2.24, 2.45) is 17.3 Å². The van der Waals surface area contributed by atoms with Crippen LogP contribution < -0.4 is 0 Å². The number of esters is 1. The number of aromatic nitrogens is 1. The first-order valence-electron chi connectivity index (χ1n) is 13.4. The molecular formula is C28H41NO8. The highest BCUT2D eigenvalue weighted by molar-refractivity contribution is 5.88. The Morgan fingerprint density at radius 3 is 2.59 bits per heavy atom. The third-order valence-electron chi connectivity index (χ3n) is 8.29. The number of aryl methyl sites for hydroxylation is 1. The zero-order valence-corrected chi connectivity index (χ0v) is 22.5. The van der Waals surface area contributed by atoms with E-state index in [0.717, 1.165) is 19.3 Å². The van der Waals surface area contributed by atoms with Crippen molar-refractivity contribution >= 4 is 17.8 Å². The molecule has 37 heavy (non-hydrogen) atoms. The van der Waals surface area contributed by atoms with E-state index in [1.54, 1.807) is 32.9 Å². The molecule has 9 nitrogen and oxygen atoms in total. The Balaban J connectivity index is 1.55. The summed E-state index contributed by atoms with van der Waals surface area (Å²) in [6.45, 7) is 9.58. The third-order valence-corrected chi connectivity index (χ3v) is 8.29.